The van der Waals surface area contributed by atoms with Crippen LogP contribution in [-0.2, 0) is 22.7 Å². The van der Waals surface area contributed by atoms with E-state index in [1.54, 1.807) is 7.11 Å². The summed E-state index contributed by atoms with van der Waals surface area (Å²) in [7, 11) is 1.67. The van der Waals surface area contributed by atoms with E-state index in [-0.39, 0.29) is 35.6 Å². The minimum absolute atomic E-state index is 0.0326. The Kier molecular flexibility index (Phi) is 6.11. The molecular weight excluding hydrogens is 426 g/mol. The topological polar surface area (TPSA) is 70.7 Å². The molecular formula is C28H35N3O3. The average molecular weight is 462 g/mol. The maximum absolute atomic E-state index is 13.8. The third-order valence-electron chi connectivity index (χ3n) is 8.02. The first kappa shape index (κ1) is 22.9. The summed E-state index contributed by atoms with van der Waals surface area (Å²) >= 11 is 0. The predicted molar refractivity (Wildman–Crippen MR) is 131 cm³/mol. The van der Waals surface area contributed by atoms with Gasteiger partial charge < -0.3 is 15.4 Å². The molecule has 1 saturated carbocycles. The Bertz CT molecular complexity index is 1040. The zero-order valence-corrected chi connectivity index (χ0v) is 20.3. The van der Waals surface area contributed by atoms with Crippen LogP contribution in [-0.4, -0.2) is 41.9 Å². The number of fused-ring (bicyclic) bond motifs is 1. The van der Waals surface area contributed by atoms with Crippen molar-refractivity contribution in [3.8, 4) is 5.75 Å². The van der Waals surface area contributed by atoms with E-state index in [1.807, 2.05) is 42.5 Å². The summed E-state index contributed by atoms with van der Waals surface area (Å²) in [5.41, 5.74) is 1.43. The number of piperidine rings is 2. The van der Waals surface area contributed by atoms with Gasteiger partial charge in [-0.05, 0) is 47.9 Å². The maximum atomic E-state index is 13.8. The van der Waals surface area contributed by atoms with E-state index in [1.165, 1.54) is 5.56 Å². The highest BCUT2D eigenvalue weighted by molar-refractivity contribution is 5.96. The SMILES string of the molecule is COc1ccc(CN2C[C@H]3C[C@]4(C(=O)NCc5ccccc5)NC(=O)[C@H]3[C@H]2[C@H]4CC(C)C)cc1. The van der Waals surface area contributed by atoms with Gasteiger partial charge in [0.15, 0.2) is 0 Å². The Balaban J connectivity index is 1.42. The second kappa shape index (κ2) is 9.06. The van der Waals surface area contributed by atoms with Crippen LogP contribution in [0.2, 0.25) is 0 Å². The van der Waals surface area contributed by atoms with Crippen molar-refractivity contribution < 1.29 is 14.3 Å². The third kappa shape index (κ3) is 3.98. The van der Waals surface area contributed by atoms with Crippen LogP contribution < -0.4 is 15.4 Å². The van der Waals surface area contributed by atoms with E-state index in [2.05, 4.69) is 41.5 Å². The lowest BCUT2D eigenvalue weighted by molar-refractivity contribution is -0.155. The zero-order chi connectivity index (χ0) is 23.9. The molecule has 0 radical (unpaired) electrons. The lowest BCUT2D eigenvalue weighted by atomic mass is 9.57. The molecule has 4 bridgehead atoms. The maximum Gasteiger partial charge on any atom is 0.246 e. The highest BCUT2D eigenvalue weighted by atomic mass is 16.5. The number of amides is 2. The van der Waals surface area contributed by atoms with Gasteiger partial charge in [-0.15, -0.1) is 0 Å². The van der Waals surface area contributed by atoms with Crippen LogP contribution in [0, 0.1) is 23.7 Å². The van der Waals surface area contributed by atoms with Crippen LogP contribution in [0.3, 0.4) is 0 Å². The van der Waals surface area contributed by atoms with Crippen LogP contribution in [0.1, 0.15) is 37.8 Å². The molecule has 6 nitrogen and oxygen atoms in total. The molecule has 4 fully saturated rings. The van der Waals surface area contributed by atoms with Crippen molar-refractivity contribution in [1.82, 2.24) is 15.5 Å². The fraction of sp³-hybridized carbons (Fsp3) is 0.500. The van der Waals surface area contributed by atoms with Crippen LogP contribution in [0.5, 0.6) is 5.75 Å². The van der Waals surface area contributed by atoms with Crippen molar-refractivity contribution in [2.24, 2.45) is 23.7 Å². The molecule has 2 amide bonds. The van der Waals surface area contributed by atoms with Crippen LogP contribution in [0.4, 0.5) is 0 Å². The standard InChI is InChI=1S/C28H35N3O3/c1-18(2)13-23-25-24-21(17-31(25)16-20-9-11-22(34-3)12-10-20)14-28(23,30-26(24)32)27(33)29-15-19-7-5-4-6-8-19/h4-12,18,21,23-25H,13-17H2,1-3H3,(H,29,33)(H,30,32)/t21-,23-,24-,25-,28+/m1/s1. The smallest absolute Gasteiger partial charge is 0.246 e. The number of carbonyl (C=O) groups excluding carboxylic acids is 2. The van der Waals surface area contributed by atoms with Gasteiger partial charge in [0.05, 0.1) is 13.0 Å². The fourth-order valence-corrected chi connectivity index (χ4v) is 6.65. The van der Waals surface area contributed by atoms with Gasteiger partial charge >= 0.3 is 0 Å². The number of carbonyl (C=O) groups is 2. The molecule has 0 spiro atoms. The predicted octanol–water partition coefficient (Wildman–Crippen LogP) is 3.36. The summed E-state index contributed by atoms with van der Waals surface area (Å²) in [4.78, 5) is 29.5. The Labute approximate surface area is 202 Å². The molecule has 6 rings (SSSR count). The summed E-state index contributed by atoms with van der Waals surface area (Å²) in [5, 5.41) is 6.40. The molecule has 2 aromatic rings. The molecule has 0 unspecified atom stereocenters. The third-order valence-corrected chi connectivity index (χ3v) is 8.02. The molecule has 5 atom stereocenters. The largest absolute Gasteiger partial charge is 0.497 e. The Hall–Kier alpha value is -2.86. The summed E-state index contributed by atoms with van der Waals surface area (Å²) in [6, 6.07) is 18.2. The van der Waals surface area contributed by atoms with Crippen molar-refractivity contribution >= 4 is 11.8 Å². The van der Waals surface area contributed by atoms with Gasteiger partial charge in [-0.25, -0.2) is 0 Å². The van der Waals surface area contributed by atoms with E-state index < -0.39 is 5.54 Å². The van der Waals surface area contributed by atoms with Gasteiger partial charge in [0.2, 0.25) is 11.8 Å². The first-order chi connectivity index (χ1) is 16.4. The van der Waals surface area contributed by atoms with E-state index in [4.69, 9.17) is 4.74 Å². The number of likely N-dealkylation sites (tertiary alicyclic amines) is 1. The van der Waals surface area contributed by atoms with Crippen LogP contribution in [0.15, 0.2) is 54.6 Å². The number of hydrogen-bond donors (Lipinski definition) is 2. The molecule has 4 aliphatic rings. The van der Waals surface area contributed by atoms with Gasteiger partial charge in [-0.2, -0.15) is 0 Å². The van der Waals surface area contributed by atoms with Crippen molar-refractivity contribution in [2.75, 3.05) is 13.7 Å². The number of benzene rings is 2. The number of methoxy groups -OCH3 is 1. The minimum Gasteiger partial charge on any atom is -0.497 e. The van der Waals surface area contributed by atoms with E-state index >= 15 is 0 Å². The number of nitrogens with one attached hydrogen (secondary N) is 2. The van der Waals surface area contributed by atoms with Gasteiger partial charge in [0.1, 0.15) is 11.3 Å². The van der Waals surface area contributed by atoms with Crippen molar-refractivity contribution in [2.45, 2.75) is 51.4 Å². The van der Waals surface area contributed by atoms with Gasteiger partial charge in [0, 0.05) is 31.6 Å². The first-order valence-corrected chi connectivity index (χ1v) is 12.4. The molecule has 3 heterocycles. The molecule has 1 aliphatic carbocycles. The highest BCUT2D eigenvalue weighted by Gasteiger charge is 2.67. The number of rotatable bonds is 8. The normalized spacial score (nSPS) is 29.8. The van der Waals surface area contributed by atoms with E-state index in [0.717, 1.165) is 37.2 Å². The summed E-state index contributed by atoms with van der Waals surface area (Å²) in [6.07, 6.45) is 1.63. The highest BCUT2D eigenvalue weighted by Crippen LogP contribution is 2.54. The Morgan fingerprint density at radius 3 is 2.56 bits per heavy atom. The molecule has 2 N–H and O–H groups in total. The molecule has 34 heavy (non-hydrogen) atoms. The van der Waals surface area contributed by atoms with E-state index in [9.17, 15) is 9.59 Å². The molecule has 3 aliphatic heterocycles. The van der Waals surface area contributed by atoms with Crippen LogP contribution >= 0.6 is 0 Å². The molecule has 180 valence electrons. The Morgan fingerprint density at radius 2 is 1.88 bits per heavy atom. The quantitative estimate of drug-likeness (QED) is 0.633. The number of nitrogens with zero attached hydrogens (tertiary/aromatic N) is 1. The monoisotopic (exact) mass is 461 g/mol. The summed E-state index contributed by atoms with van der Waals surface area (Å²) < 4.78 is 5.31. The fourth-order valence-electron chi connectivity index (χ4n) is 6.65. The van der Waals surface area contributed by atoms with Gasteiger partial charge in [-0.3, -0.25) is 14.5 Å². The molecule has 2 aromatic carbocycles. The second-order valence-corrected chi connectivity index (χ2v) is 10.6. The number of hydrogen-bond acceptors (Lipinski definition) is 4. The lowest BCUT2D eigenvalue weighted by Gasteiger charge is -2.55. The minimum atomic E-state index is -0.838. The average Bonchev–Trinajstić information content (AvgIpc) is 3.14. The van der Waals surface area contributed by atoms with E-state index in [0.29, 0.717) is 12.5 Å². The second-order valence-electron chi connectivity index (χ2n) is 10.6. The van der Waals surface area contributed by atoms with Crippen LogP contribution in [0.25, 0.3) is 0 Å². The summed E-state index contributed by atoms with van der Waals surface area (Å²) in [6.45, 7) is 6.53. The van der Waals surface area contributed by atoms with Crippen molar-refractivity contribution in [1.29, 1.82) is 0 Å². The van der Waals surface area contributed by atoms with Crippen molar-refractivity contribution in [3.63, 3.8) is 0 Å². The molecule has 6 heteroatoms. The summed E-state index contributed by atoms with van der Waals surface area (Å²) in [5.74, 6) is 1.55. The first-order valence-electron chi connectivity index (χ1n) is 12.4. The molecule has 0 aromatic heterocycles. The molecule has 3 saturated heterocycles. The van der Waals surface area contributed by atoms with Crippen molar-refractivity contribution in [3.05, 3.63) is 65.7 Å². The van der Waals surface area contributed by atoms with Gasteiger partial charge in [0.25, 0.3) is 0 Å². The lowest BCUT2D eigenvalue weighted by Crippen LogP contribution is -2.75. The Morgan fingerprint density at radius 1 is 1.15 bits per heavy atom. The number of ether oxygens (including phenoxy) is 1. The van der Waals surface area contributed by atoms with Gasteiger partial charge in [-0.1, -0.05) is 56.3 Å². The zero-order valence-electron chi connectivity index (χ0n) is 20.3.